The van der Waals surface area contributed by atoms with E-state index < -0.39 is 18.2 Å². The Bertz CT molecular complexity index is 225. The molecule has 0 aliphatic heterocycles. The van der Waals surface area contributed by atoms with Crippen LogP contribution in [0.1, 0.15) is 6.42 Å². The van der Waals surface area contributed by atoms with E-state index in [1.165, 1.54) is 0 Å². The molecule has 0 aromatic carbocycles. The zero-order valence-corrected chi connectivity index (χ0v) is 7.54. The van der Waals surface area contributed by atoms with Crippen molar-refractivity contribution >= 4 is 40.0 Å². The van der Waals surface area contributed by atoms with Crippen molar-refractivity contribution in [3.8, 4) is 0 Å². The number of ketones is 1. The Morgan fingerprint density at radius 3 is 2.42 bits per heavy atom. The normalized spacial score (nSPS) is 8.75. The minimum absolute atomic E-state index is 0.114. The number of hydrogen-bond donors (Lipinski definition) is 2. The summed E-state index contributed by atoms with van der Waals surface area (Å²) in [5.41, 5.74) is -0.114. The number of aliphatic carboxylic acids is 1. The van der Waals surface area contributed by atoms with Crippen molar-refractivity contribution < 1.29 is 14.7 Å². The van der Waals surface area contributed by atoms with E-state index in [1.807, 2.05) is 0 Å². The summed E-state index contributed by atoms with van der Waals surface area (Å²) in [4.78, 5) is 20.9. The van der Waals surface area contributed by atoms with Crippen molar-refractivity contribution in [3.05, 3.63) is 12.3 Å². The Morgan fingerprint density at radius 2 is 2.08 bits per heavy atom. The second kappa shape index (κ2) is 4.84. The largest absolute Gasteiger partial charge is 0.481 e. The van der Waals surface area contributed by atoms with E-state index in [2.05, 4.69) is 24.1 Å². The lowest BCUT2D eigenvalue weighted by atomic mass is 10.2. The molecule has 0 unspecified atom stereocenters. The number of carbonyl (C=O) groups excluding carboxylic acids is 1. The standard InChI is InChI=1S/C6H6ClNO3S/c1-3(8-6(7)12)4(9)2-5(10)11/h1-2H2,(H,8,12)(H,10,11). The molecule has 2 N–H and O–H groups in total. The van der Waals surface area contributed by atoms with E-state index in [0.717, 1.165) is 0 Å². The average Bonchev–Trinajstić information content (AvgIpc) is 1.84. The maximum Gasteiger partial charge on any atom is 0.311 e. The molecule has 0 aliphatic rings. The highest BCUT2D eigenvalue weighted by molar-refractivity contribution is 7.83. The van der Waals surface area contributed by atoms with Gasteiger partial charge in [-0.2, -0.15) is 0 Å². The Hall–Kier alpha value is -0.940. The van der Waals surface area contributed by atoms with Gasteiger partial charge in [-0.05, 0) is 12.2 Å². The third kappa shape index (κ3) is 4.81. The molecule has 0 bridgehead atoms. The molecule has 0 aliphatic carbocycles. The van der Waals surface area contributed by atoms with Crippen LogP contribution in [-0.4, -0.2) is 21.3 Å². The van der Waals surface area contributed by atoms with Crippen LogP contribution in [0, 0.1) is 0 Å². The lowest BCUT2D eigenvalue weighted by Crippen LogP contribution is -2.23. The van der Waals surface area contributed by atoms with Gasteiger partial charge >= 0.3 is 5.97 Å². The summed E-state index contributed by atoms with van der Waals surface area (Å²) >= 11 is 9.61. The molecular formula is C6H6ClNO3S. The topological polar surface area (TPSA) is 66.4 Å². The number of rotatable bonds is 4. The molecule has 0 spiro atoms. The van der Waals surface area contributed by atoms with Crippen LogP contribution < -0.4 is 5.32 Å². The van der Waals surface area contributed by atoms with E-state index >= 15 is 0 Å². The fourth-order valence-electron chi connectivity index (χ4n) is 0.432. The number of carbonyl (C=O) groups is 2. The van der Waals surface area contributed by atoms with E-state index in [9.17, 15) is 9.59 Å². The number of halogens is 1. The van der Waals surface area contributed by atoms with Gasteiger partial charge in [0.15, 0.2) is 10.2 Å². The van der Waals surface area contributed by atoms with E-state index in [1.54, 1.807) is 0 Å². The Balaban J connectivity index is 4.03. The summed E-state index contributed by atoms with van der Waals surface area (Å²) in [7, 11) is 0. The fraction of sp³-hybridized carbons (Fsp3) is 0.167. The Morgan fingerprint density at radius 1 is 1.58 bits per heavy atom. The third-order valence-corrected chi connectivity index (χ3v) is 1.09. The van der Waals surface area contributed by atoms with Gasteiger partial charge in [0.05, 0.1) is 5.70 Å². The lowest BCUT2D eigenvalue weighted by Gasteiger charge is -2.02. The van der Waals surface area contributed by atoms with Gasteiger partial charge in [0.1, 0.15) is 6.42 Å². The van der Waals surface area contributed by atoms with Crippen LogP contribution in [0.5, 0.6) is 0 Å². The molecule has 0 amide bonds. The summed E-state index contributed by atoms with van der Waals surface area (Å²) in [6.07, 6.45) is -0.620. The molecule has 0 aromatic heterocycles. The molecule has 0 fully saturated rings. The quantitative estimate of drug-likeness (QED) is 0.233. The fourth-order valence-corrected chi connectivity index (χ4v) is 0.670. The van der Waals surface area contributed by atoms with E-state index in [-0.39, 0.29) is 10.1 Å². The van der Waals surface area contributed by atoms with E-state index in [0.29, 0.717) is 0 Å². The molecule has 0 radical (unpaired) electrons. The second-order valence-corrected chi connectivity index (χ2v) is 2.88. The van der Waals surface area contributed by atoms with Crippen molar-refractivity contribution in [2.45, 2.75) is 6.42 Å². The van der Waals surface area contributed by atoms with Crippen molar-refractivity contribution in [2.24, 2.45) is 0 Å². The molecular weight excluding hydrogens is 202 g/mol. The number of hydrogen-bond acceptors (Lipinski definition) is 3. The maximum absolute atomic E-state index is 10.8. The molecule has 12 heavy (non-hydrogen) atoms. The number of nitrogens with one attached hydrogen (secondary N) is 1. The zero-order valence-electron chi connectivity index (χ0n) is 5.96. The molecule has 0 saturated carbocycles. The molecule has 0 heterocycles. The Kier molecular flexibility index (Phi) is 4.46. The number of Topliss-reactive ketones (excluding diaryl/α,β-unsaturated/α-hetero) is 1. The first-order valence-corrected chi connectivity index (χ1v) is 3.62. The predicted molar refractivity (Wildman–Crippen MR) is 48.0 cm³/mol. The SMILES string of the molecule is C=C(NC(=S)Cl)C(=O)CC(=O)O. The lowest BCUT2D eigenvalue weighted by molar-refractivity contribution is -0.139. The van der Waals surface area contributed by atoms with Crippen molar-refractivity contribution in [1.82, 2.24) is 5.32 Å². The van der Waals surface area contributed by atoms with Gasteiger partial charge in [-0.1, -0.05) is 18.2 Å². The number of carboxylic acid groups (broad SMARTS) is 1. The minimum atomic E-state index is -1.22. The van der Waals surface area contributed by atoms with Crippen molar-refractivity contribution in [2.75, 3.05) is 0 Å². The van der Waals surface area contributed by atoms with Crippen LogP contribution >= 0.6 is 23.8 Å². The third-order valence-electron chi connectivity index (χ3n) is 0.898. The van der Waals surface area contributed by atoms with Gasteiger partial charge in [-0.25, -0.2) is 0 Å². The molecule has 0 atom stereocenters. The van der Waals surface area contributed by atoms with Crippen LogP contribution in [0.25, 0.3) is 0 Å². The second-order valence-electron chi connectivity index (χ2n) is 1.87. The molecule has 0 saturated heterocycles. The van der Waals surface area contributed by atoms with Crippen LogP contribution in [0.15, 0.2) is 12.3 Å². The number of thiocarbonyl (C=S) groups is 1. The first-order chi connectivity index (χ1) is 5.43. The summed E-state index contributed by atoms with van der Waals surface area (Å²) < 4.78 is -0.140. The maximum atomic E-state index is 10.8. The van der Waals surface area contributed by atoms with Crippen molar-refractivity contribution in [3.63, 3.8) is 0 Å². The van der Waals surface area contributed by atoms with Crippen LogP contribution in [0.2, 0.25) is 0 Å². The van der Waals surface area contributed by atoms with E-state index in [4.69, 9.17) is 16.7 Å². The van der Waals surface area contributed by atoms with Crippen LogP contribution in [-0.2, 0) is 9.59 Å². The minimum Gasteiger partial charge on any atom is -0.481 e. The summed E-state index contributed by atoms with van der Waals surface area (Å²) in [6.45, 7) is 3.25. The summed E-state index contributed by atoms with van der Waals surface area (Å²) in [6, 6.07) is 0. The smallest absolute Gasteiger partial charge is 0.311 e. The van der Waals surface area contributed by atoms with Gasteiger partial charge in [-0.15, -0.1) is 0 Å². The summed E-state index contributed by atoms with van der Waals surface area (Å²) in [5, 5.41) is 10.4. The van der Waals surface area contributed by atoms with Gasteiger partial charge < -0.3 is 10.4 Å². The molecule has 66 valence electrons. The first kappa shape index (κ1) is 11.1. The summed E-state index contributed by atoms with van der Waals surface area (Å²) in [5.74, 6) is -1.87. The van der Waals surface area contributed by atoms with Crippen LogP contribution in [0.4, 0.5) is 0 Å². The average molecular weight is 208 g/mol. The zero-order chi connectivity index (χ0) is 9.72. The Labute approximate surface area is 79.2 Å². The van der Waals surface area contributed by atoms with Gasteiger partial charge in [0, 0.05) is 0 Å². The van der Waals surface area contributed by atoms with Gasteiger partial charge in [-0.3, -0.25) is 9.59 Å². The van der Waals surface area contributed by atoms with Gasteiger partial charge in [0.2, 0.25) is 0 Å². The first-order valence-electron chi connectivity index (χ1n) is 2.84. The molecule has 4 nitrogen and oxygen atoms in total. The molecule has 6 heteroatoms. The monoisotopic (exact) mass is 207 g/mol. The number of carboxylic acids is 1. The highest BCUT2D eigenvalue weighted by atomic mass is 35.5. The molecule has 0 rings (SSSR count). The van der Waals surface area contributed by atoms with Crippen molar-refractivity contribution in [1.29, 1.82) is 0 Å². The highest BCUT2D eigenvalue weighted by Crippen LogP contribution is 1.95. The van der Waals surface area contributed by atoms with Gasteiger partial charge in [0.25, 0.3) is 0 Å². The molecule has 0 aromatic rings. The predicted octanol–water partition coefficient (Wildman–Crippen LogP) is 0.657. The number of allylic oxidation sites excluding steroid dienone is 1. The van der Waals surface area contributed by atoms with Crippen LogP contribution in [0.3, 0.4) is 0 Å². The highest BCUT2D eigenvalue weighted by Gasteiger charge is 2.11.